The van der Waals surface area contributed by atoms with Gasteiger partial charge in [0.1, 0.15) is 0 Å². The molecule has 1 aliphatic rings. The maximum Gasteiger partial charge on any atom is 0.175 e. The standard InChI is InChI=1S/C14H20BrNO2/c1-8(2)12-10(9(3)16)7-11(15)13-14(12)18-6-4-5-17-13/h7-9H,4-6,16H2,1-3H3. The molecule has 3 nitrogen and oxygen atoms in total. The lowest BCUT2D eigenvalue weighted by molar-refractivity contribution is 0.295. The molecule has 0 bridgehead atoms. The monoisotopic (exact) mass is 313 g/mol. The smallest absolute Gasteiger partial charge is 0.175 e. The molecule has 1 aromatic carbocycles. The van der Waals surface area contributed by atoms with Crippen molar-refractivity contribution in [3.63, 3.8) is 0 Å². The summed E-state index contributed by atoms with van der Waals surface area (Å²) in [5.74, 6) is 2.04. The number of halogens is 1. The van der Waals surface area contributed by atoms with E-state index < -0.39 is 0 Å². The van der Waals surface area contributed by atoms with Crippen LogP contribution < -0.4 is 15.2 Å². The van der Waals surface area contributed by atoms with Gasteiger partial charge in [-0.2, -0.15) is 0 Å². The Labute approximate surface area is 117 Å². The van der Waals surface area contributed by atoms with Crippen molar-refractivity contribution in [2.24, 2.45) is 5.73 Å². The third-order valence-electron chi connectivity index (χ3n) is 3.11. The molecular weight excluding hydrogens is 294 g/mol. The van der Waals surface area contributed by atoms with E-state index in [1.807, 2.05) is 6.92 Å². The minimum atomic E-state index is -0.0177. The van der Waals surface area contributed by atoms with Crippen molar-refractivity contribution < 1.29 is 9.47 Å². The minimum absolute atomic E-state index is 0.0177. The normalized spacial score (nSPS) is 16.6. The zero-order chi connectivity index (χ0) is 13.3. The van der Waals surface area contributed by atoms with Gasteiger partial charge < -0.3 is 15.2 Å². The fraction of sp³-hybridized carbons (Fsp3) is 0.571. The molecule has 0 spiro atoms. The van der Waals surface area contributed by atoms with E-state index >= 15 is 0 Å². The van der Waals surface area contributed by atoms with Crippen LogP contribution in [0.5, 0.6) is 11.5 Å². The van der Waals surface area contributed by atoms with Crippen LogP contribution in [0.1, 0.15) is 50.3 Å². The molecule has 0 aliphatic carbocycles. The van der Waals surface area contributed by atoms with Gasteiger partial charge in [0.05, 0.1) is 17.7 Å². The maximum absolute atomic E-state index is 6.08. The van der Waals surface area contributed by atoms with Gasteiger partial charge in [-0.25, -0.2) is 0 Å². The number of hydrogen-bond donors (Lipinski definition) is 1. The summed E-state index contributed by atoms with van der Waals surface area (Å²) in [6.07, 6.45) is 0.909. The molecule has 1 unspecified atom stereocenters. The number of hydrogen-bond acceptors (Lipinski definition) is 3. The highest BCUT2D eigenvalue weighted by Crippen LogP contribution is 2.45. The van der Waals surface area contributed by atoms with E-state index in [4.69, 9.17) is 15.2 Å². The van der Waals surface area contributed by atoms with Crippen molar-refractivity contribution in [3.05, 3.63) is 21.7 Å². The molecule has 18 heavy (non-hydrogen) atoms. The first kappa shape index (κ1) is 13.7. The summed E-state index contributed by atoms with van der Waals surface area (Å²) in [6.45, 7) is 7.70. The molecular formula is C14H20BrNO2. The molecule has 0 amide bonds. The minimum Gasteiger partial charge on any atom is -0.489 e. The van der Waals surface area contributed by atoms with Crippen molar-refractivity contribution >= 4 is 15.9 Å². The highest BCUT2D eigenvalue weighted by Gasteiger charge is 2.24. The Morgan fingerprint density at radius 2 is 1.78 bits per heavy atom. The van der Waals surface area contributed by atoms with Crippen LogP contribution in [0.3, 0.4) is 0 Å². The molecule has 1 atom stereocenters. The summed E-state index contributed by atoms with van der Waals surface area (Å²) in [5, 5.41) is 0. The van der Waals surface area contributed by atoms with Gasteiger partial charge in [0, 0.05) is 18.0 Å². The topological polar surface area (TPSA) is 44.5 Å². The Morgan fingerprint density at radius 1 is 1.17 bits per heavy atom. The third kappa shape index (κ3) is 2.50. The van der Waals surface area contributed by atoms with Crippen molar-refractivity contribution in [1.29, 1.82) is 0 Å². The van der Waals surface area contributed by atoms with Crippen LogP contribution >= 0.6 is 15.9 Å². The molecule has 4 heteroatoms. The molecule has 0 fully saturated rings. The molecule has 100 valence electrons. The lowest BCUT2D eigenvalue weighted by Gasteiger charge is -2.22. The number of nitrogens with two attached hydrogens (primary N) is 1. The maximum atomic E-state index is 6.08. The summed E-state index contributed by atoms with van der Waals surface area (Å²) < 4.78 is 12.6. The van der Waals surface area contributed by atoms with Crippen LogP contribution in [0.25, 0.3) is 0 Å². The summed E-state index contributed by atoms with van der Waals surface area (Å²) in [7, 11) is 0. The van der Waals surface area contributed by atoms with E-state index in [2.05, 4.69) is 35.8 Å². The van der Waals surface area contributed by atoms with Crippen molar-refractivity contribution in [2.75, 3.05) is 13.2 Å². The Hall–Kier alpha value is -0.740. The third-order valence-corrected chi connectivity index (χ3v) is 3.70. The van der Waals surface area contributed by atoms with E-state index in [9.17, 15) is 0 Å². The lowest BCUT2D eigenvalue weighted by Crippen LogP contribution is -2.11. The largest absolute Gasteiger partial charge is 0.489 e. The Balaban J connectivity index is 2.65. The fourth-order valence-electron chi connectivity index (χ4n) is 2.30. The van der Waals surface area contributed by atoms with E-state index in [0.717, 1.165) is 28.0 Å². The number of ether oxygens (including phenoxy) is 2. The van der Waals surface area contributed by atoms with Gasteiger partial charge in [-0.05, 0) is 40.4 Å². The zero-order valence-corrected chi connectivity index (χ0v) is 12.7. The van der Waals surface area contributed by atoms with Crippen LogP contribution in [0, 0.1) is 0 Å². The van der Waals surface area contributed by atoms with Crippen molar-refractivity contribution in [1.82, 2.24) is 0 Å². The summed E-state index contributed by atoms with van der Waals surface area (Å²) >= 11 is 3.56. The highest BCUT2D eigenvalue weighted by molar-refractivity contribution is 9.10. The van der Waals surface area contributed by atoms with Gasteiger partial charge in [-0.1, -0.05) is 13.8 Å². The summed E-state index contributed by atoms with van der Waals surface area (Å²) in [6, 6.07) is 2.05. The van der Waals surface area contributed by atoms with Gasteiger partial charge in [-0.3, -0.25) is 0 Å². The van der Waals surface area contributed by atoms with Crippen LogP contribution in [-0.2, 0) is 0 Å². The average Bonchev–Trinajstić information content (AvgIpc) is 2.53. The first-order valence-corrected chi connectivity index (χ1v) is 7.19. The number of benzene rings is 1. The molecule has 0 saturated carbocycles. The van der Waals surface area contributed by atoms with Crippen LogP contribution in [-0.4, -0.2) is 13.2 Å². The van der Waals surface area contributed by atoms with E-state index in [1.54, 1.807) is 0 Å². The van der Waals surface area contributed by atoms with E-state index in [1.165, 1.54) is 5.56 Å². The van der Waals surface area contributed by atoms with Gasteiger partial charge in [0.15, 0.2) is 11.5 Å². The molecule has 0 aromatic heterocycles. The van der Waals surface area contributed by atoms with Gasteiger partial charge >= 0.3 is 0 Å². The van der Waals surface area contributed by atoms with Crippen LogP contribution in [0.15, 0.2) is 10.5 Å². The van der Waals surface area contributed by atoms with Crippen LogP contribution in [0.4, 0.5) is 0 Å². The summed E-state index contributed by atoms with van der Waals surface area (Å²) in [5.41, 5.74) is 8.37. The van der Waals surface area contributed by atoms with Crippen molar-refractivity contribution in [2.45, 2.75) is 39.2 Å². The van der Waals surface area contributed by atoms with Gasteiger partial charge in [0.2, 0.25) is 0 Å². The van der Waals surface area contributed by atoms with Crippen molar-refractivity contribution in [3.8, 4) is 11.5 Å². The predicted octanol–water partition coefficient (Wildman–Crippen LogP) is 3.75. The number of rotatable bonds is 2. The molecule has 2 N–H and O–H groups in total. The molecule has 1 heterocycles. The van der Waals surface area contributed by atoms with E-state index in [-0.39, 0.29) is 6.04 Å². The van der Waals surface area contributed by atoms with E-state index in [0.29, 0.717) is 19.1 Å². The van der Waals surface area contributed by atoms with Gasteiger partial charge in [0.25, 0.3) is 0 Å². The molecule has 1 aromatic rings. The predicted molar refractivity (Wildman–Crippen MR) is 76.4 cm³/mol. The SMILES string of the molecule is CC(C)c1c(C(C)N)cc(Br)c2c1OCCCO2. The molecule has 0 saturated heterocycles. The molecule has 0 radical (unpaired) electrons. The second kappa shape index (κ2) is 5.49. The molecule has 1 aliphatic heterocycles. The lowest BCUT2D eigenvalue weighted by atomic mass is 9.92. The Morgan fingerprint density at radius 3 is 2.33 bits per heavy atom. The second-order valence-electron chi connectivity index (χ2n) is 5.01. The highest BCUT2D eigenvalue weighted by atomic mass is 79.9. The first-order valence-electron chi connectivity index (χ1n) is 6.39. The average molecular weight is 314 g/mol. The van der Waals surface area contributed by atoms with Gasteiger partial charge in [-0.15, -0.1) is 0 Å². The Kier molecular flexibility index (Phi) is 4.17. The second-order valence-corrected chi connectivity index (χ2v) is 5.87. The Bertz CT molecular complexity index is 444. The zero-order valence-electron chi connectivity index (χ0n) is 11.1. The number of fused-ring (bicyclic) bond motifs is 1. The summed E-state index contributed by atoms with van der Waals surface area (Å²) in [4.78, 5) is 0. The fourth-order valence-corrected chi connectivity index (χ4v) is 2.84. The quantitative estimate of drug-likeness (QED) is 0.904. The molecule has 2 rings (SSSR count). The first-order chi connectivity index (χ1) is 8.52. The van der Waals surface area contributed by atoms with Crippen LogP contribution in [0.2, 0.25) is 0 Å².